The second-order valence-corrected chi connectivity index (χ2v) is 4.93. The van der Waals surface area contributed by atoms with E-state index >= 15 is 0 Å². The summed E-state index contributed by atoms with van der Waals surface area (Å²) in [7, 11) is 0. The molecule has 0 amide bonds. The number of fused-ring (bicyclic) bond motifs is 1. The molecule has 1 heterocycles. The molecule has 0 aliphatic carbocycles. The van der Waals surface area contributed by atoms with Crippen molar-refractivity contribution in [3.8, 4) is 0 Å². The van der Waals surface area contributed by atoms with Crippen LogP contribution < -0.4 is 5.73 Å². The molecule has 1 aliphatic rings. The lowest BCUT2D eigenvalue weighted by atomic mass is 10.1. The first-order valence-electron chi connectivity index (χ1n) is 3.54. The van der Waals surface area contributed by atoms with Crippen LogP contribution in [-0.4, -0.2) is 5.84 Å². The highest BCUT2D eigenvalue weighted by molar-refractivity contribution is 9.10. The van der Waals surface area contributed by atoms with Crippen molar-refractivity contribution in [3.05, 3.63) is 33.8 Å². The minimum absolute atomic E-state index is 0.382. The molecule has 2 rings (SSSR count). The van der Waals surface area contributed by atoms with Gasteiger partial charge in [0.05, 0.1) is 0 Å². The van der Waals surface area contributed by atoms with Crippen LogP contribution in [0.1, 0.15) is 11.1 Å². The first-order chi connectivity index (χ1) is 6.00. The van der Waals surface area contributed by atoms with Crippen LogP contribution in [0.25, 0.3) is 0 Å². The summed E-state index contributed by atoms with van der Waals surface area (Å²) in [5.41, 5.74) is 7.16. The van der Waals surface area contributed by atoms with Crippen molar-refractivity contribution in [2.75, 3.05) is 0 Å². The van der Waals surface area contributed by atoms with Gasteiger partial charge in [0.1, 0.15) is 5.84 Å². The lowest BCUT2D eigenvalue weighted by molar-refractivity contribution is 0.944. The van der Waals surface area contributed by atoms with E-state index in [1.807, 2.05) is 18.2 Å². The number of rotatable bonds is 0. The van der Waals surface area contributed by atoms with Crippen molar-refractivity contribution in [2.45, 2.75) is 4.46 Å². The molecule has 1 aromatic rings. The van der Waals surface area contributed by atoms with E-state index in [4.69, 9.17) is 28.9 Å². The monoisotopic (exact) mass is 278 g/mol. The zero-order valence-electron chi connectivity index (χ0n) is 6.39. The topological polar surface area (TPSA) is 38.4 Å². The lowest BCUT2D eigenvalue weighted by Gasteiger charge is -2.10. The van der Waals surface area contributed by atoms with Gasteiger partial charge in [-0.3, -0.25) is 0 Å². The minimum Gasteiger partial charge on any atom is -0.383 e. The Bertz CT molecular complexity index is 401. The number of hydrogen-bond donors (Lipinski definition) is 1. The molecule has 0 radical (unpaired) electrons. The van der Waals surface area contributed by atoms with E-state index in [1.165, 1.54) is 0 Å². The predicted molar refractivity (Wildman–Crippen MR) is 58.3 cm³/mol. The Morgan fingerprint density at radius 2 is 2.08 bits per heavy atom. The number of amidine groups is 1. The Kier molecular flexibility index (Phi) is 2.06. The fraction of sp³-hybridized carbons (Fsp3) is 0.125. The van der Waals surface area contributed by atoms with Crippen LogP contribution in [0.15, 0.2) is 27.7 Å². The van der Waals surface area contributed by atoms with E-state index in [0.717, 1.165) is 15.6 Å². The SMILES string of the molecule is NC1=NC(Cl)(Cl)c2cc(Br)ccc21. The smallest absolute Gasteiger partial charge is 0.236 e. The molecule has 0 spiro atoms. The Morgan fingerprint density at radius 3 is 2.77 bits per heavy atom. The molecule has 5 heteroatoms. The number of alkyl halides is 2. The van der Waals surface area contributed by atoms with Gasteiger partial charge in [0.25, 0.3) is 0 Å². The van der Waals surface area contributed by atoms with Crippen LogP contribution in [0.2, 0.25) is 0 Å². The van der Waals surface area contributed by atoms with Crippen LogP contribution in [0.3, 0.4) is 0 Å². The van der Waals surface area contributed by atoms with Gasteiger partial charge >= 0.3 is 0 Å². The van der Waals surface area contributed by atoms with Crippen molar-refractivity contribution in [3.63, 3.8) is 0 Å². The van der Waals surface area contributed by atoms with Gasteiger partial charge in [-0.15, -0.1) is 0 Å². The van der Waals surface area contributed by atoms with Crippen LogP contribution >= 0.6 is 39.1 Å². The molecule has 0 saturated carbocycles. The normalized spacial score (nSPS) is 18.2. The van der Waals surface area contributed by atoms with Gasteiger partial charge in [-0.25, -0.2) is 4.99 Å². The minimum atomic E-state index is -1.23. The van der Waals surface area contributed by atoms with Crippen molar-refractivity contribution in [1.82, 2.24) is 0 Å². The van der Waals surface area contributed by atoms with E-state index in [2.05, 4.69) is 20.9 Å². The summed E-state index contributed by atoms with van der Waals surface area (Å²) in [4.78, 5) is 3.93. The zero-order chi connectivity index (χ0) is 9.64. The van der Waals surface area contributed by atoms with Crippen molar-refractivity contribution >= 4 is 45.0 Å². The van der Waals surface area contributed by atoms with Crippen molar-refractivity contribution < 1.29 is 0 Å². The van der Waals surface area contributed by atoms with Gasteiger partial charge in [-0.05, 0) is 18.2 Å². The van der Waals surface area contributed by atoms with Gasteiger partial charge in [0, 0.05) is 15.6 Å². The molecule has 0 saturated heterocycles. The van der Waals surface area contributed by atoms with Crippen LogP contribution in [0.4, 0.5) is 0 Å². The Hall–Kier alpha value is -0.250. The molecule has 0 unspecified atom stereocenters. The third kappa shape index (κ3) is 1.45. The highest BCUT2D eigenvalue weighted by Crippen LogP contribution is 2.42. The number of nitrogens with zero attached hydrogens (tertiary/aromatic N) is 1. The summed E-state index contributed by atoms with van der Waals surface area (Å²) in [5, 5.41) is 0. The van der Waals surface area contributed by atoms with Gasteiger partial charge < -0.3 is 5.73 Å². The molecule has 13 heavy (non-hydrogen) atoms. The number of aliphatic imine (C=N–C) groups is 1. The summed E-state index contributed by atoms with van der Waals surface area (Å²) in [6, 6.07) is 5.53. The Balaban J connectivity index is 2.68. The molecule has 0 fully saturated rings. The molecule has 2 N–H and O–H groups in total. The van der Waals surface area contributed by atoms with E-state index < -0.39 is 4.46 Å². The number of nitrogens with two attached hydrogens (primary N) is 1. The standard InChI is InChI=1S/C8H5BrCl2N2/c9-4-1-2-5-6(3-4)8(10,11)13-7(5)12/h1-3H,(H2,12,13). The Labute approximate surface area is 93.9 Å². The maximum absolute atomic E-state index is 5.94. The fourth-order valence-electron chi connectivity index (χ4n) is 1.26. The first-order valence-corrected chi connectivity index (χ1v) is 5.09. The molecular weight excluding hydrogens is 275 g/mol. The third-order valence-electron chi connectivity index (χ3n) is 1.84. The molecular formula is C8H5BrCl2N2. The summed E-state index contributed by atoms with van der Waals surface area (Å²) in [6.45, 7) is 0. The summed E-state index contributed by atoms with van der Waals surface area (Å²) in [6.07, 6.45) is 0. The molecule has 1 aromatic carbocycles. The summed E-state index contributed by atoms with van der Waals surface area (Å²) < 4.78 is -0.328. The van der Waals surface area contributed by atoms with E-state index in [-0.39, 0.29) is 0 Å². The average Bonchev–Trinajstić information content (AvgIpc) is 2.23. The molecule has 1 aliphatic heterocycles. The first kappa shape index (κ1) is 9.31. The van der Waals surface area contributed by atoms with Gasteiger partial charge in [-0.2, -0.15) is 0 Å². The number of hydrogen-bond acceptors (Lipinski definition) is 2. The van der Waals surface area contributed by atoms with E-state index in [9.17, 15) is 0 Å². The Morgan fingerprint density at radius 1 is 1.38 bits per heavy atom. The third-order valence-corrected chi connectivity index (χ3v) is 2.91. The highest BCUT2D eigenvalue weighted by Gasteiger charge is 2.35. The zero-order valence-corrected chi connectivity index (χ0v) is 9.49. The molecule has 68 valence electrons. The van der Waals surface area contributed by atoms with Gasteiger partial charge in [0.15, 0.2) is 0 Å². The van der Waals surface area contributed by atoms with Gasteiger partial charge in [-0.1, -0.05) is 39.1 Å². The van der Waals surface area contributed by atoms with E-state index in [0.29, 0.717) is 5.84 Å². The second kappa shape index (κ2) is 2.87. The van der Waals surface area contributed by atoms with Gasteiger partial charge in [0.2, 0.25) is 4.46 Å². The number of halogens is 3. The maximum Gasteiger partial charge on any atom is 0.236 e. The lowest BCUT2D eigenvalue weighted by Crippen LogP contribution is -2.09. The number of benzene rings is 1. The molecule has 0 bridgehead atoms. The molecule has 2 nitrogen and oxygen atoms in total. The van der Waals surface area contributed by atoms with E-state index in [1.54, 1.807) is 0 Å². The fourth-order valence-corrected chi connectivity index (χ4v) is 2.12. The molecule has 0 aromatic heterocycles. The van der Waals surface area contributed by atoms with Crippen LogP contribution in [-0.2, 0) is 4.46 Å². The average molecular weight is 280 g/mol. The second-order valence-electron chi connectivity index (χ2n) is 2.73. The molecule has 0 atom stereocenters. The largest absolute Gasteiger partial charge is 0.383 e. The maximum atomic E-state index is 5.94. The van der Waals surface area contributed by atoms with Crippen molar-refractivity contribution in [2.24, 2.45) is 10.7 Å². The predicted octanol–water partition coefficient (Wildman–Crippen LogP) is 2.76. The van der Waals surface area contributed by atoms with Crippen LogP contribution in [0, 0.1) is 0 Å². The van der Waals surface area contributed by atoms with Crippen LogP contribution in [0.5, 0.6) is 0 Å². The summed E-state index contributed by atoms with van der Waals surface area (Å²) >= 11 is 15.2. The summed E-state index contributed by atoms with van der Waals surface area (Å²) in [5.74, 6) is 0.382. The highest BCUT2D eigenvalue weighted by atomic mass is 79.9. The van der Waals surface area contributed by atoms with Crippen molar-refractivity contribution in [1.29, 1.82) is 0 Å². The quantitative estimate of drug-likeness (QED) is 0.576.